The SMILES string of the molecule is CC(C)(C#N)N1CCC(c2c[nH]c3ccccc23)CC1. The van der Waals surface area contributed by atoms with Gasteiger partial charge in [-0.25, -0.2) is 0 Å². The van der Waals surface area contributed by atoms with Crippen LogP contribution in [0.1, 0.15) is 38.2 Å². The number of rotatable bonds is 2. The first-order valence-corrected chi connectivity index (χ1v) is 7.34. The zero-order valence-corrected chi connectivity index (χ0v) is 12.2. The third-order valence-corrected chi connectivity index (χ3v) is 4.62. The maximum absolute atomic E-state index is 9.24. The average Bonchev–Trinajstić information content (AvgIpc) is 2.91. The number of hydrogen-bond donors (Lipinski definition) is 1. The first kappa shape index (κ1) is 13.2. The fraction of sp³-hybridized carbons (Fsp3) is 0.471. The Kier molecular flexibility index (Phi) is 3.27. The van der Waals surface area contributed by atoms with Crippen molar-refractivity contribution in [1.82, 2.24) is 9.88 Å². The fourth-order valence-corrected chi connectivity index (χ4v) is 3.25. The number of fused-ring (bicyclic) bond motifs is 1. The second-order valence-corrected chi connectivity index (χ2v) is 6.22. The molecule has 0 atom stereocenters. The number of hydrogen-bond acceptors (Lipinski definition) is 2. The Balaban J connectivity index is 1.77. The van der Waals surface area contributed by atoms with Crippen molar-refractivity contribution < 1.29 is 0 Å². The maximum atomic E-state index is 9.24. The molecule has 0 radical (unpaired) electrons. The predicted octanol–water partition coefficient (Wildman–Crippen LogP) is 3.65. The van der Waals surface area contributed by atoms with E-state index in [9.17, 15) is 5.26 Å². The number of nitrogens with one attached hydrogen (secondary N) is 1. The number of para-hydroxylation sites is 1. The van der Waals surface area contributed by atoms with Crippen molar-refractivity contribution in [1.29, 1.82) is 5.26 Å². The number of aromatic amines is 1. The van der Waals surface area contributed by atoms with Crippen LogP contribution in [-0.4, -0.2) is 28.5 Å². The lowest BCUT2D eigenvalue weighted by atomic mass is 9.87. The summed E-state index contributed by atoms with van der Waals surface area (Å²) in [6.45, 7) is 6.04. The number of H-pyrrole nitrogens is 1. The maximum Gasteiger partial charge on any atom is 0.103 e. The number of nitriles is 1. The van der Waals surface area contributed by atoms with Crippen molar-refractivity contribution in [3.05, 3.63) is 36.0 Å². The van der Waals surface area contributed by atoms with Crippen LogP contribution in [0.3, 0.4) is 0 Å². The summed E-state index contributed by atoms with van der Waals surface area (Å²) in [4.78, 5) is 5.68. The highest BCUT2D eigenvalue weighted by molar-refractivity contribution is 5.83. The van der Waals surface area contributed by atoms with Gasteiger partial charge >= 0.3 is 0 Å². The minimum Gasteiger partial charge on any atom is -0.361 e. The van der Waals surface area contributed by atoms with E-state index >= 15 is 0 Å². The van der Waals surface area contributed by atoms with Crippen molar-refractivity contribution in [2.45, 2.75) is 38.1 Å². The second-order valence-electron chi connectivity index (χ2n) is 6.22. The van der Waals surface area contributed by atoms with Crippen LogP contribution in [0.15, 0.2) is 30.5 Å². The molecular weight excluding hydrogens is 246 g/mol. The number of piperidine rings is 1. The molecule has 20 heavy (non-hydrogen) atoms. The molecule has 0 amide bonds. The smallest absolute Gasteiger partial charge is 0.103 e. The Morgan fingerprint density at radius 1 is 1.25 bits per heavy atom. The zero-order valence-electron chi connectivity index (χ0n) is 12.2. The van der Waals surface area contributed by atoms with E-state index in [0.717, 1.165) is 25.9 Å². The lowest BCUT2D eigenvalue weighted by Crippen LogP contribution is -2.46. The highest BCUT2D eigenvalue weighted by Gasteiger charge is 2.31. The summed E-state index contributed by atoms with van der Waals surface area (Å²) in [5.74, 6) is 0.608. The molecule has 3 nitrogen and oxygen atoms in total. The molecule has 0 spiro atoms. The third kappa shape index (κ3) is 2.21. The van der Waals surface area contributed by atoms with Crippen molar-refractivity contribution in [3.8, 4) is 6.07 Å². The number of nitrogens with zero attached hydrogens (tertiary/aromatic N) is 2. The molecule has 0 aliphatic carbocycles. The van der Waals surface area contributed by atoms with E-state index in [1.54, 1.807) is 0 Å². The van der Waals surface area contributed by atoms with E-state index in [2.05, 4.69) is 46.4 Å². The van der Waals surface area contributed by atoms with Crippen LogP contribution in [0.5, 0.6) is 0 Å². The van der Waals surface area contributed by atoms with Crippen LogP contribution < -0.4 is 0 Å². The van der Waals surface area contributed by atoms with Gasteiger partial charge in [-0.05, 0) is 44.2 Å². The summed E-state index contributed by atoms with van der Waals surface area (Å²) in [6.07, 6.45) is 4.43. The Hall–Kier alpha value is -1.79. The van der Waals surface area contributed by atoms with Gasteiger partial charge in [-0.2, -0.15) is 5.26 Å². The van der Waals surface area contributed by atoms with Gasteiger partial charge < -0.3 is 4.98 Å². The van der Waals surface area contributed by atoms with Crippen molar-refractivity contribution in [2.24, 2.45) is 0 Å². The van der Waals surface area contributed by atoms with Gasteiger partial charge in [-0.3, -0.25) is 4.90 Å². The molecule has 1 saturated heterocycles. The van der Waals surface area contributed by atoms with Gasteiger partial charge in [0.1, 0.15) is 5.54 Å². The van der Waals surface area contributed by atoms with E-state index < -0.39 is 0 Å². The Bertz CT molecular complexity index is 640. The molecule has 2 heterocycles. The summed E-state index contributed by atoms with van der Waals surface area (Å²) in [6, 6.07) is 10.9. The summed E-state index contributed by atoms with van der Waals surface area (Å²) < 4.78 is 0. The molecule has 0 saturated carbocycles. The molecule has 3 rings (SSSR count). The topological polar surface area (TPSA) is 42.8 Å². The number of aromatic nitrogens is 1. The minimum absolute atomic E-state index is 0.342. The molecule has 1 aliphatic heterocycles. The monoisotopic (exact) mass is 267 g/mol. The Morgan fingerprint density at radius 2 is 1.95 bits per heavy atom. The number of likely N-dealkylation sites (tertiary alicyclic amines) is 1. The van der Waals surface area contributed by atoms with Gasteiger partial charge in [-0.15, -0.1) is 0 Å². The molecule has 0 unspecified atom stereocenters. The summed E-state index contributed by atoms with van der Waals surface area (Å²) >= 11 is 0. The van der Waals surface area contributed by atoms with Crippen LogP contribution in [0.25, 0.3) is 10.9 Å². The van der Waals surface area contributed by atoms with Crippen molar-refractivity contribution in [2.75, 3.05) is 13.1 Å². The molecule has 3 heteroatoms. The predicted molar refractivity (Wildman–Crippen MR) is 81.5 cm³/mol. The average molecular weight is 267 g/mol. The largest absolute Gasteiger partial charge is 0.361 e. The normalized spacial score (nSPS) is 18.2. The Labute approximate surface area is 120 Å². The summed E-state index contributed by atoms with van der Waals surface area (Å²) in [5.41, 5.74) is 2.32. The lowest BCUT2D eigenvalue weighted by molar-refractivity contribution is 0.128. The Morgan fingerprint density at radius 3 is 2.65 bits per heavy atom. The molecule has 1 aromatic carbocycles. The number of benzene rings is 1. The first-order chi connectivity index (χ1) is 9.62. The lowest BCUT2D eigenvalue weighted by Gasteiger charge is -2.38. The van der Waals surface area contributed by atoms with Gasteiger partial charge in [0.2, 0.25) is 0 Å². The molecular formula is C17H21N3. The van der Waals surface area contributed by atoms with Gasteiger partial charge in [0.15, 0.2) is 0 Å². The van der Waals surface area contributed by atoms with Gasteiger partial charge in [0.05, 0.1) is 6.07 Å². The van der Waals surface area contributed by atoms with E-state index in [1.807, 2.05) is 13.8 Å². The summed E-state index contributed by atoms with van der Waals surface area (Å²) in [5, 5.41) is 10.6. The zero-order chi connectivity index (χ0) is 14.2. The molecule has 2 aromatic rings. The molecule has 1 aliphatic rings. The quantitative estimate of drug-likeness (QED) is 0.902. The fourth-order valence-electron chi connectivity index (χ4n) is 3.25. The molecule has 1 aromatic heterocycles. The summed E-state index contributed by atoms with van der Waals surface area (Å²) in [7, 11) is 0. The van der Waals surface area contributed by atoms with Crippen LogP contribution >= 0.6 is 0 Å². The van der Waals surface area contributed by atoms with E-state index in [0.29, 0.717) is 5.92 Å². The van der Waals surface area contributed by atoms with Crippen LogP contribution in [-0.2, 0) is 0 Å². The standard InChI is InChI=1S/C17H21N3/c1-17(2,12-18)20-9-7-13(8-10-20)15-11-19-16-6-4-3-5-14(15)16/h3-6,11,13,19H,7-10H2,1-2H3. The molecule has 1 N–H and O–H groups in total. The van der Waals surface area contributed by atoms with E-state index in [4.69, 9.17) is 0 Å². The van der Waals surface area contributed by atoms with E-state index in [-0.39, 0.29) is 5.54 Å². The third-order valence-electron chi connectivity index (χ3n) is 4.62. The van der Waals surface area contributed by atoms with Gasteiger partial charge in [0, 0.05) is 30.2 Å². The minimum atomic E-state index is -0.342. The first-order valence-electron chi connectivity index (χ1n) is 7.34. The molecule has 104 valence electrons. The highest BCUT2D eigenvalue weighted by atomic mass is 15.2. The molecule has 0 bridgehead atoms. The van der Waals surface area contributed by atoms with Crippen molar-refractivity contribution in [3.63, 3.8) is 0 Å². The van der Waals surface area contributed by atoms with Crippen LogP contribution in [0, 0.1) is 11.3 Å². The van der Waals surface area contributed by atoms with Crippen LogP contribution in [0.4, 0.5) is 0 Å². The van der Waals surface area contributed by atoms with E-state index in [1.165, 1.54) is 16.5 Å². The second kappa shape index (κ2) is 4.96. The van der Waals surface area contributed by atoms with Gasteiger partial charge in [0.25, 0.3) is 0 Å². The van der Waals surface area contributed by atoms with Crippen LogP contribution in [0.2, 0.25) is 0 Å². The van der Waals surface area contributed by atoms with Crippen molar-refractivity contribution >= 4 is 10.9 Å². The van der Waals surface area contributed by atoms with Gasteiger partial charge in [-0.1, -0.05) is 18.2 Å². The molecule has 1 fully saturated rings. The highest BCUT2D eigenvalue weighted by Crippen LogP contribution is 2.34.